The smallest absolute Gasteiger partial charge is 0.152 e. The molecule has 0 aliphatic rings. The van der Waals surface area contributed by atoms with Crippen molar-refractivity contribution in [3.05, 3.63) is 103 Å². The number of fused-ring (bicyclic) bond motifs is 2. The summed E-state index contributed by atoms with van der Waals surface area (Å²) in [5.74, 6) is 0.448. The number of thiol groups is 1. The molecule has 178 valence electrons. The van der Waals surface area contributed by atoms with E-state index < -0.39 is 0 Å². The maximum atomic E-state index is 6.38. The Kier molecular flexibility index (Phi) is 5.88. The first-order chi connectivity index (χ1) is 17.7. The molecule has 0 fully saturated rings. The van der Waals surface area contributed by atoms with Crippen molar-refractivity contribution in [3.63, 3.8) is 0 Å². The zero-order chi connectivity index (χ0) is 24.5. The van der Waals surface area contributed by atoms with E-state index in [4.69, 9.17) is 10.8 Å². The Labute approximate surface area is 213 Å². The number of nitrogens with one attached hydrogen (secondary N) is 1. The van der Waals surface area contributed by atoms with Crippen LogP contribution >= 0.6 is 0 Å². The molecule has 0 unspecified atom stereocenters. The molecule has 0 saturated heterocycles. The highest BCUT2D eigenvalue weighted by Gasteiger charge is 2.17. The summed E-state index contributed by atoms with van der Waals surface area (Å²) in [6.07, 6.45) is 5.67. The number of nitrogen functional groups attached to an aromatic ring is 1. The number of anilines is 1. The average molecular weight is 493 g/mol. The topological polar surface area (TPSA) is 86.1 Å². The molecule has 0 saturated carbocycles. The SMILES string of the molecule is C[SH+]NCc1cccc(-c2cc(-c3ccc4cn(Cc5ccccc5)nc4c3)c3c(N)ncnn23)c1. The normalized spacial score (nSPS) is 11.5. The van der Waals surface area contributed by atoms with Crippen LogP contribution in [0.25, 0.3) is 38.8 Å². The lowest BCUT2D eigenvalue weighted by molar-refractivity contribution is 0.696. The van der Waals surface area contributed by atoms with Crippen LogP contribution in [0, 0.1) is 0 Å². The van der Waals surface area contributed by atoms with Gasteiger partial charge >= 0.3 is 0 Å². The van der Waals surface area contributed by atoms with Crippen molar-refractivity contribution in [2.75, 3.05) is 12.0 Å². The minimum absolute atomic E-state index is 0.448. The van der Waals surface area contributed by atoms with Crippen LogP contribution in [0.1, 0.15) is 11.1 Å². The van der Waals surface area contributed by atoms with E-state index in [-0.39, 0.29) is 0 Å². The number of benzene rings is 3. The minimum atomic E-state index is 0.448. The molecule has 3 aromatic carbocycles. The minimum Gasteiger partial charge on any atom is -0.382 e. The first-order valence-electron chi connectivity index (χ1n) is 11.7. The van der Waals surface area contributed by atoms with Crippen LogP contribution in [0.15, 0.2) is 91.4 Å². The molecule has 3 heterocycles. The van der Waals surface area contributed by atoms with Crippen LogP contribution in [-0.2, 0) is 25.0 Å². The summed E-state index contributed by atoms with van der Waals surface area (Å²) in [6.45, 7) is 1.54. The number of nitrogens with zero attached hydrogens (tertiary/aromatic N) is 5. The van der Waals surface area contributed by atoms with Crippen LogP contribution in [0.3, 0.4) is 0 Å². The molecule has 0 aliphatic heterocycles. The third-order valence-corrected chi connectivity index (χ3v) is 6.77. The van der Waals surface area contributed by atoms with Crippen LogP contribution in [0.5, 0.6) is 0 Å². The lowest BCUT2D eigenvalue weighted by Crippen LogP contribution is -2.09. The van der Waals surface area contributed by atoms with Gasteiger partial charge in [-0.15, -0.1) is 4.72 Å². The monoisotopic (exact) mass is 492 g/mol. The van der Waals surface area contributed by atoms with E-state index in [1.54, 1.807) is 0 Å². The van der Waals surface area contributed by atoms with Gasteiger partial charge in [-0.25, -0.2) is 9.50 Å². The number of nitrogens with two attached hydrogens (primary N) is 1. The first kappa shape index (κ1) is 22.3. The predicted octanol–water partition coefficient (Wildman–Crippen LogP) is 4.49. The highest BCUT2D eigenvalue weighted by molar-refractivity contribution is 7.75. The second-order valence-electron chi connectivity index (χ2n) is 8.69. The molecular weight excluding hydrogens is 466 g/mol. The van der Waals surface area contributed by atoms with Crippen molar-refractivity contribution in [2.24, 2.45) is 0 Å². The largest absolute Gasteiger partial charge is 0.382 e. The summed E-state index contributed by atoms with van der Waals surface area (Å²) in [5.41, 5.74) is 14.6. The molecule has 0 bridgehead atoms. The lowest BCUT2D eigenvalue weighted by Gasteiger charge is -2.05. The van der Waals surface area contributed by atoms with Crippen molar-refractivity contribution in [1.29, 1.82) is 0 Å². The Morgan fingerprint density at radius 1 is 0.917 bits per heavy atom. The average Bonchev–Trinajstić information content (AvgIpc) is 3.49. The van der Waals surface area contributed by atoms with E-state index in [1.807, 2.05) is 15.3 Å². The molecule has 36 heavy (non-hydrogen) atoms. The first-order valence-corrected chi connectivity index (χ1v) is 13.1. The molecule has 0 aliphatic carbocycles. The van der Waals surface area contributed by atoms with Gasteiger partial charge in [-0.3, -0.25) is 4.68 Å². The van der Waals surface area contributed by atoms with Crippen molar-refractivity contribution in [3.8, 4) is 22.4 Å². The van der Waals surface area contributed by atoms with Crippen molar-refractivity contribution < 1.29 is 0 Å². The molecule has 0 radical (unpaired) electrons. The van der Waals surface area contributed by atoms with E-state index in [1.165, 1.54) is 17.5 Å². The summed E-state index contributed by atoms with van der Waals surface area (Å²) in [6, 6.07) is 27.3. The molecule has 8 heteroatoms. The fourth-order valence-corrected chi connectivity index (χ4v) is 4.93. The number of hydrogen-bond donors (Lipinski definition) is 2. The van der Waals surface area contributed by atoms with Gasteiger partial charge < -0.3 is 5.73 Å². The van der Waals surface area contributed by atoms with Crippen molar-refractivity contribution >= 4 is 34.2 Å². The summed E-state index contributed by atoms with van der Waals surface area (Å²) in [7, 11) is 0. The maximum Gasteiger partial charge on any atom is 0.152 e. The third-order valence-electron chi connectivity index (χ3n) is 6.30. The standard InChI is InChI=1S/C28H25N7S/c1-36-32-15-20-8-5-9-22(12-20)26-14-24(27-28(29)30-18-31-35(26)27)21-10-11-23-17-34(33-25(23)13-21)16-19-6-3-2-4-7-19/h2-14,17-18,32H,15-16H2,1H3,(H2,29,30,31)/p+1. The fourth-order valence-electron chi connectivity index (χ4n) is 4.59. The fraction of sp³-hybridized carbons (Fsp3) is 0.107. The van der Waals surface area contributed by atoms with E-state index >= 15 is 0 Å². The molecule has 6 aromatic rings. The number of aromatic nitrogens is 5. The van der Waals surface area contributed by atoms with Crippen molar-refractivity contribution in [1.82, 2.24) is 29.1 Å². The van der Waals surface area contributed by atoms with Gasteiger partial charge in [0.05, 0.1) is 36.2 Å². The van der Waals surface area contributed by atoms with Gasteiger partial charge in [-0.1, -0.05) is 60.7 Å². The molecule has 6 rings (SSSR count). The molecular formula is C28H26N7S+. The Bertz CT molecular complexity index is 1670. The zero-order valence-electron chi connectivity index (χ0n) is 19.8. The molecule has 3 N–H and O–H groups in total. The summed E-state index contributed by atoms with van der Waals surface area (Å²) in [5, 5.41) is 10.5. The van der Waals surface area contributed by atoms with E-state index in [2.05, 4.69) is 100 Å². The third kappa shape index (κ3) is 4.21. The van der Waals surface area contributed by atoms with Crippen molar-refractivity contribution in [2.45, 2.75) is 13.1 Å². The van der Waals surface area contributed by atoms with Gasteiger partial charge in [0.2, 0.25) is 0 Å². The van der Waals surface area contributed by atoms with Gasteiger partial charge in [0.25, 0.3) is 0 Å². The summed E-state index contributed by atoms with van der Waals surface area (Å²) in [4.78, 5) is 4.29. The van der Waals surface area contributed by atoms with Crippen LogP contribution in [-0.4, -0.2) is 30.6 Å². The van der Waals surface area contributed by atoms with Gasteiger partial charge in [-0.2, -0.15) is 10.2 Å². The molecule has 3 aromatic heterocycles. The van der Waals surface area contributed by atoms with E-state index in [0.29, 0.717) is 5.82 Å². The van der Waals surface area contributed by atoms with Gasteiger partial charge in [0, 0.05) is 22.7 Å². The second kappa shape index (κ2) is 9.49. The molecule has 0 atom stereocenters. The highest BCUT2D eigenvalue weighted by Crippen LogP contribution is 2.36. The molecule has 0 amide bonds. The Morgan fingerprint density at radius 2 is 1.78 bits per heavy atom. The van der Waals surface area contributed by atoms with Crippen LogP contribution in [0.2, 0.25) is 0 Å². The van der Waals surface area contributed by atoms with Gasteiger partial charge in [-0.05, 0) is 34.9 Å². The Hall–Kier alpha value is -4.14. The summed E-state index contributed by atoms with van der Waals surface area (Å²) >= 11 is 1.15. The van der Waals surface area contributed by atoms with Gasteiger partial charge in [0.1, 0.15) is 18.1 Å². The lowest BCUT2D eigenvalue weighted by atomic mass is 10.0. The second-order valence-corrected chi connectivity index (χ2v) is 9.46. The Morgan fingerprint density at radius 3 is 2.64 bits per heavy atom. The quantitative estimate of drug-likeness (QED) is 0.253. The highest BCUT2D eigenvalue weighted by atomic mass is 32.2. The molecule has 0 spiro atoms. The number of rotatable bonds is 7. The Balaban J connectivity index is 1.43. The van der Waals surface area contributed by atoms with Gasteiger partial charge in [0.15, 0.2) is 5.82 Å². The predicted molar refractivity (Wildman–Crippen MR) is 149 cm³/mol. The summed E-state index contributed by atoms with van der Waals surface area (Å²) < 4.78 is 7.24. The van der Waals surface area contributed by atoms with Crippen LogP contribution in [0.4, 0.5) is 5.82 Å². The molecule has 7 nitrogen and oxygen atoms in total. The van der Waals surface area contributed by atoms with E-state index in [0.717, 1.165) is 63.8 Å². The number of hydrogen-bond acceptors (Lipinski definition) is 5. The maximum absolute atomic E-state index is 6.38. The van der Waals surface area contributed by atoms with E-state index in [9.17, 15) is 0 Å². The van der Waals surface area contributed by atoms with Crippen LogP contribution < -0.4 is 10.5 Å². The zero-order valence-corrected chi connectivity index (χ0v) is 20.7.